The number of pyridine rings is 1. The van der Waals surface area contributed by atoms with Crippen molar-refractivity contribution in [2.24, 2.45) is 5.10 Å². The lowest BCUT2D eigenvalue weighted by molar-refractivity contribution is 0.0956. The van der Waals surface area contributed by atoms with Crippen molar-refractivity contribution in [3.8, 4) is 16.9 Å². The summed E-state index contributed by atoms with van der Waals surface area (Å²) in [4.78, 5) is 17.9. The number of hydrazone groups is 1. The Bertz CT molecular complexity index is 1550. The molecule has 3 aromatic carbocycles. The van der Waals surface area contributed by atoms with Crippen molar-refractivity contribution >= 4 is 45.6 Å². The zero-order valence-corrected chi connectivity index (χ0v) is 21.5. The SMILES string of the molecule is Cc1cc(/C=N\NC(=O)c2cc(-c3ccccc3)nc3ccccc23)c(C)n1-c1ccc(I)cc1. The van der Waals surface area contributed by atoms with Gasteiger partial charge in [-0.15, -0.1) is 0 Å². The van der Waals surface area contributed by atoms with Gasteiger partial charge in [-0.2, -0.15) is 5.10 Å². The molecular formula is C29H23IN4O. The fourth-order valence-electron chi connectivity index (χ4n) is 4.25. The van der Waals surface area contributed by atoms with Crippen LogP contribution in [0.3, 0.4) is 0 Å². The Balaban J connectivity index is 1.43. The Labute approximate surface area is 217 Å². The lowest BCUT2D eigenvalue weighted by Crippen LogP contribution is -2.18. The lowest BCUT2D eigenvalue weighted by atomic mass is 10.0. The number of aryl methyl sites for hydroxylation is 1. The third kappa shape index (κ3) is 4.74. The van der Waals surface area contributed by atoms with Gasteiger partial charge in [0.1, 0.15) is 0 Å². The van der Waals surface area contributed by atoms with Gasteiger partial charge in [-0.25, -0.2) is 10.4 Å². The van der Waals surface area contributed by atoms with Gasteiger partial charge in [-0.05, 0) is 78.9 Å². The number of hydrogen-bond acceptors (Lipinski definition) is 3. The van der Waals surface area contributed by atoms with Crippen molar-refractivity contribution in [3.05, 3.63) is 117 Å². The normalized spacial score (nSPS) is 11.3. The van der Waals surface area contributed by atoms with E-state index < -0.39 is 0 Å². The lowest BCUT2D eigenvalue weighted by Gasteiger charge is -2.10. The van der Waals surface area contributed by atoms with E-state index in [-0.39, 0.29) is 5.91 Å². The highest BCUT2D eigenvalue weighted by Crippen LogP contribution is 2.25. The Morgan fingerprint density at radius 1 is 0.943 bits per heavy atom. The number of nitrogens with one attached hydrogen (secondary N) is 1. The molecule has 0 bridgehead atoms. The van der Waals surface area contributed by atoms with E-state index in [1.807, 2.05) is 60.7 Å². The first-order valence-corrected chi connectivity index (χ1v) is 12.3. The zero-order valence-electron chi connectivity index (χ0n) is 19.4. The molecule has 0 aliphatic rings. The molecule has 0 atom stereocenters. The van der Waals surface area contributed by atoms with E-state index in [1.54, 1.807) is 6.21 Å². The van der Waals surface area contributed by atoms with Crippen LogP contribution < -0.4 is 5.43 Å². The molecule has 2 heterocycles. The van der Waals surface area contributed by atoms with Crippen LogP contribution in [-0.2, 0) is 0 Å². The first kappa shape index (κ1) is 23.0. The second-order valence-electron chi connectivity index (χ2n) is 8.28. The number of rotatable bonds is 5. The van der Waals surface area contributed by atoms with Crippen molar-refractivity contribution in [1.82, 2.24) is 15.0 Å². The molecule has 0 unspecified atom stereocenters. The van der Waals surface area contributed by atoms with Crippen molar-refractivity contribution in [1.29, 1.82) is 0 Å². The minimum absolute atomic E-state index is 0.275. The number of hydrogen-bond donors (Lipinski definition) is 1. The molecule has 0 saturated carbocycles. The number of nitrogens with zero attached hydrogens (tertiary/aromatic N) is 3. The summed E-state index contributed by atoms with van der Waals surface area (Å²) in [6.07, 6.45) is 1.70. The van der Waals surface area contributed by atoms with Gasteiger partial charge in [-0.1, -0.05) is 48.5 Å². The van der Waals surface area contributed by atoms with Crippen molar-refractivity contribution in [3.63, 3.8) is 0 Å². The molecule has 5 rings (SSSR count). The molecule has 172 valence electrons. The van der Waals surface area contributed by atoms with E-state index in [0.29, 0.717) is 5.56 Å². The molecule has 1 N–H and O–H groups in total. The molecule has 5 aromatic rings. The predicted octanol–water partition coefficient (Wildman–Crippen LogP) is 6.68. The van der Waals surface area contributed by atoms with Gasteiger partial charge < -0.3 is 4.57 Å². The van der Waals surface area contributed by atoms with E-state index in [1.165, 1.54) is 3.57 Å². The topological polar surface area (TPSA) is 59.3 Å². The smallest absolute Gasteiger partial charge is 0.272 e. The van der Waals surface area contributed by atoms with Crippen LogP contribution in [0.1, 0.15) is 27.3 Å². The first-order valence-electron chi connectivity index (χ1n) is 11.2. The largest absolute Gasteiger partial charge is 0.318 e. The average Bonchev–Trinajstić information content (AvgIpc) is 3.17. The molecule has 5 nitrogen and oxygen atoms in total. The quantitative estimate of drug-likeness (QED) is 0.146. The van der Waals surface area contributed by atoms with E-state index in [2.05, 4.69) is 81.9 Å². The minimum atomic E-state index is -0.275. The predicted molar refractivity (Wildman–Crippen MR) is 150 cm³/mol. The van der Waals surface area contributed by atoms with Crippen LogP contribution in [0, 0.1) is 17.4 Å². The number of carbonyl (C=O) groups is 1. The molecule has 0 aliphatic carbocycles. The van der Waals surface area contributed by atoms with Crippen molar-refractivity contribution in [2.75, 3.05) is 0 Å². The number of benzene rings is 3. The third-order valence-electron chi connectivity index (χ3n) is 5.96. The zero-order chi connectivity index (χ0) is 24.4. The fourth-order valence-corrected chi connectivity index (χ4v) is 4.61. The van der Waals surface area contributed by atoms with Gasteiger partial charge in [0, 0.05) is 37.2 Å². The standard InChI is InChI=1S/C29H23IN4O/c1-19-16-22(20(2)34(19)24-14-12-23(30)13-15-24)18-31-33-29(35)26-17-28(21-8-4-3-5-9-21)32-27-11-7-6-10-25(26)27/h3-18H,1-2H3,(H,33,35)/b31-18-. The van der Waals surface area contributed by atoms with E-state index in [9.17, 15) is 4.79 Å². The van der Waals surface area contributed by atoms with Gasteiger partial charge in [0.15, 0.2) is 0 Å². The summed E-state index contributed by atoms with van der Waals surface area (Å²) in [5.41, 5.74) is 9.93. The Hall–Kier alpha value is -3.78. The summed E-state index contributed by atoms with van der Waals surface area (Å²) in [6, 6.07) is 29.8. The van der Waals surface area contributed by atoms with Gasteiger partial charge >= 0.3 is 0 Å². The molecule has 0 aliphatic heterocycles. The van der Waals surface area contributed by atoms with Crippen LogP contribution in [-0.4, -0.2) is 21.7 Å². The van der Waals surface area contributed by atoms with E-state index in [4.69, 9.17) is 4.98 Å². The summed E-state index contributed by atoms with van der Waals surface area (Å²) in [5.74, 6) is -0.275. The summed E-state index contributed by atoms with van der Waals surface area (Å²) >= 11 is 2.30. The Morgan fingerprint density at radius 3 is 2.43 bits per heavy atom. The highest BCUT2D eigenvalue weighted by atomic mass is 127. The summed E-state index contributed by atoms with van der Waals surface area (Å²) in [7, 11) is 0. The van der Waals surface area contributed by atoms with Crippen LogP contribution in [0.5, 0.6) is 0 Å². The second kappa shape index (κ2) is 9.84. The maximum atomic E-state index is 13.2. The number of aromatic nitrogens is 2. The highest BCUT2D eigenvalue weighted by Gasteiger charge is 2.14. The molecule has 0 spiro atoms. The molecule has 0 fully saturated rings. The number of carbonyl (C=O) groups excluding carboxylic acids is 1. The molecule has 1 amide bonds. The van der Waals surface area contributed by atoms with Crippen LogP contribution >= 0.6 is 22.6 Å². The van der Waals surface area contributed by atoms with Gasteiger partial charge in [-0.3, -0.25) is 4.79 Å². The molecular weight excluding hydrogens is 547 g/mol. The second-order valence-corrected chi connectivity index (χ2v) is 9.52. The summed E-state index contributed by atoms with van der Waals surface area (Å²) in [5, 5.41) is 5.08. The maximum Gasteiger partial charge on any atom is 0.272 e. The summed E-state index contributed by atoms with van der Waals surface area (Å²) < 4.78 is 3.37. The minimum Gasteiger partial charge on any atom is -0.318 e. The van der Waals surface area contributed by atoms with E-state index >= 15 is 0 Å². The van der Waals surface area contributed by atoms with Crippen LogP contribution in [0.4, 0.5) is 0 Å². The van der Waals surface area contributed by atoms with Gasteiger partial charge in [0.2, 0.25) is 0 Å². The van der Waals surface area contributed by atoms with Crippen LogP contribution in [0.15, 0.2) is 96.1 Å². The fraction of sp³-hybridized carbons (Fsp3) is 0.0690. The highest BCUT2D eigenvalue weighted by molar-refractivity contribution is 14.1. The monoisotopic (exact) mass is 570 g/mol. The molecule has 2 aromatic heterocycles. The average molecular weight is 570 g/mol. The number of halogens is 1. The first-order chi connectivity index (χ1) is 17.0. The van der Waals surface area contributed by atoms with Crippen LogP contribution in [0.2, 0.25) is 0 Å². The van der Waals surface area contributed by atoms with Gasteiger partial charge in [0.25, 0.3) is 5.91 Å². The number of fused-ring (bicyclic) bond motifs is 1. The molecule has 35 heavy (non-hydrogen) atoms. The number of para-hydroxylation sites is 1. The molecule has 0 radical (unpaired) electrons. The third-order valence-corrected chi connectivity index (χ3v) is 6.67. The Kier molecular flexibility index (Phi) is 6.46. The Morgan fingerprint density at radius 2 is 1.66 bits per heavy atom. The van der Waals surface area contributed by atoms with Crippen molar-refractivity contribution < 1.29 is 4.79 Å². The van der Waals surface area contributed by atoms with E-state index in [0.717, 1.165) is 44.8 Å². The maximum absolute atomic E-state index is 13.2. The van der Waals surface area contributed by atoms with Gasteiger partial charge in [0.05, 0.1) is 23.0 Å². The molecule has 6 heteroatoms. The van der Waals surface area contributed by atoms with Crippen LogP contribution in [0.25, 0.3) is 27.8 Å². The summed E-state index contributed by atoms with van der Waals surface area (Å²) in [6.45, 7) is 4.12. The van der Waals surface area contributed by atoms with Crippen molar-refractivity contribution in [2.45, 2.75) is 13.8 Å². The number of amides is 1. The molecule has 0 saturated heterocycles.